The molecule has 0 aromatic heterocycles. The summed E-state index contributed by atoms with van der Waals surface area (Å²) in [6, 6.07) is 13.1. The first kappa shape index (κ1) is 19.5. The van der Waals surface area contributed by atoms with Crippen LogP contribution < -0.4 is 10.1 Å². The fourth-order valence-corrected chi connectivity index (χ4v) is 2.94. The molecule has 26 heavy (non-hydrogen) atoms. The lowest BCUT2D eigenvalue weighted by molar-refractivity contribution is 0.0958. The van der Waals surface area contributed by atoms with Gasteiger partial charge in [-0.1, -0.05) is 11.8 Å². The summed E-state index contributed by atoms with van der Waals surface area (Å²) in [6.45, 7) is 0.183. The van der Waals surface area contributed by atoms with Gasteiger partial charge in [-0.15, -0.1) is 0 Å². The zero-order chi connectivity index (χ0) is 19.2. The second-order valence-corrected chi connectivity index (χ2v) is 7.68. The number of carbonyl (C=O) groups is 1. The second kappa shape index (κ2) is 8.52. The van der Waals surface area contributed by atoms with Gasteiger partial charge in [0.15, 0.2) is 0 Å². The number of nitrogens with one attached hydrogen (secondary N) is 1. The van der Waals surface area contributed by atoms with E-state index < -0.39 is 10.0 Å². The lowest BCUT2D eigenvalue weighted by Gasteiger charge is -2.11. The van der Waals surface area contributed by atoms with Gasteiger partial charge in [-0.05, 0) is 48.5 Å². The molecule has 0 radical (unpaired) electrons. The number of carbonyl (C=O) groups excluding carboxylic acids is 1. The van der Waals surface area contributed by atoms with E-state index in [1.54, 1.807) is 7.11 Å². The third kappa shape index (κ3) is 4.85. The molecule has 0 spiro atoms. The fraction of sp³-hybridized carbons (Fsp3) is 0.211. The zero-order valence-electron chi connectivity index (χ0n) is 14.8. The van der Waals surface area contributed by atoms with Crippen LogP contribution in [0.1, 0.15) is 15.9 Å². The largest absolute Gasteiger partial charge is 0.497 e. The van der Waals surface area contributed by atoms with Crippen LogP contribution in [-0.2, 0) is 10.0 Å². The first-order valence-electron chi connectivity index (χ1n) is 7.78. The van der Waals surface area contributed by atoms with Crippen molar-refractivity contribution in [3.63, 3.8) is 0 Å². The van der Waals surface area contributed by atoms with Crippen LogP contribution in [0.5, 0.6) is 5.75 Å². The van der Waals surface area contributed by atoms with Crippen molar-refractivity contribution in [1.82, 2.24) is 9.62 Å². The van der Waals surface area contributed by atoms with Crippen molar-refractivity contribution in [1.29, 1.82) is 0 Å². The van der Waals surface area contributed by atoms with E-state index in [1.165, 1.54) is 38.4 Å². The van der Waals surface area contributed by atoms with E-state index in [9.17, 15) is 13.2 Å². The number of rotatable bonds is 5. The molecule has 7 heteroatoms. The molecule has 1 N–H and O–H groups in total. The number of hydrogen-bond acceptors (Lipinski definition) is 4. The highest BCUT2D eigenvalue weighted by Crippen LogP contribution is 2.14. The Morgan fingerprint density at radius 1 is 1.08 bits per heavy atom. The van der Waals surface area contributed by atoms with Crippen LogP contribution in [0, 0.1) is 11.8 Å². The summed E-state index contributed by atoms with van der Waals surface area (Å²) in [4.78, 5) is 12.2. The van der Waals surface area contributed by atoms with Crippen LogP contribution in [0.4, 0.5) is 0 Å². The summed E-state index contributed by atoms with van der Waals surface area (Å²) < 4.78 is 30.2. The Balaban J connectivity index is 1.95. The molecular formula is C19H20N2O4S. The highest BCUT2D eigenvalue weighted by Gasteiger charge is 2.17. The number of benzene rings is 2. The molecule has 0 saturated carbocycles. The van der Waals surface area contributed by atoms with E-state index in [1.807, 2.05) is 24.3 Å². The van der Waals surface area contributed by atoms with Crippen LogP contribution in [0.3, 0.4) is 0 Å². The molecule has 6 nitrogen and oxygen atoms in total. The van der Waals surface area contributed by atoms with E-state index in [0.29, 0.717) is 5.56 Å². The summed E-state index contributed by atoms with van der Waals surface area (Å²) in [6.07, 6.45) is 0. The minimum absolute atomic E-state index is 0.137. The van der Waals surface area contributed by atoms with Gasteiger partial charge in [-0.2, -0.15) is 0 Å². The summed E-state index contributed by atoms with van der Waals surface area (Å²) in [5.74, 6) is 6.24. The third-order valence-corrected chi connectivity index (χ3v) is 5.38. The van der Waals surface area contributed by atoms with E-state index in [4.69, 9.17) is 4.74 Å². The molecule has 0 aliphatic heterocycles. The van der Waals surface area contributed by atoms with Gasteiger partial charge in [0.2, 0.25) is 10.0 Å². The van der Waals surface area contributed by atoms with Crippen LogP contribution in [0.15, 0.2) is 53.4 Å². The van der Waals surface area contributed by atoms with Gasteiger partial charge in [0.1, 0.15) is 5.75 Å². The van der Waals surface area contributed by atoms with Crippen LogP contribution >= 0.6 is 0 Å². The average Bonchev–Trinajstić information content (AvgIpc) is 2.65. The van der Waals surface area contributed by atoms with Gasteiger partial charge in [0.25, 0.3) is 5.91 Å². The summed E-state index contributed by atoms with van der Waals surface area (Å²) in [5, 5.41) is 2.68. The van der Waals surface area contributed by atoms with Crippen LogP contribution in [-0.4, -0.2) is 46.4 Å². The Labute approximate surface area is 153 Å². The molecule has 1 amide bonds. The van der Waals surface area contributed by atoms with Gasteiger partial charge in [0, 0.05) is 25.2 Å². The van der Waals surface area contributed by atoms with Crippen molar-refractivity contribution in [3.05, 3.63) is 59.7 Å². The molecule has 2 aromatic rings. The summed E-state index contributed by atoms with van der Waals surface area (Å²) in [5.41, 5.74) is 1.19. The maximum Gasteiger partial charge on any atom is 0.252 e. The van der Waals surface area contributed by atoms with Gasteiger partial charge >= 0.3 is 0 Å². The number of amides is 1. The monoisotopic (exact) mass is 372 g/mol. The van der Waals surface area contributed by atoms with E-state index in [-0.39, 0.29) is 17.3 Å². The average molecular weight is 372 g/mol. The Bertz CT molecular complexity index is 922. The predicted octanol–water partition coefficient (Wildman–Crippen LogP) is 1.73. The van der Waals surface area contributed by atoms with Crippen LogP contribution in [0.2, 0.25) is 0 Å². The van der Waals surface area contributed by atoms with Gasteiger partial charge in [0.05, 0.1) is 18.6 Å². The minimum atomic E-state index is -3.51. The topological polar surface area (TPSA) is 75.7 Å². The molecule has 0 aliphatic rings. The lowest BCUT2D eigenvalue weighted by Crippen LogP contribution is -2.24. The molecule has 0 bridgehead atoms. The summed E-state index contributed by atoms with van der Waals surface area (Å²) in [7, 11) is 1.00. The maximum atomic E-state index is 12.1. The highest BCUT2D eigenvalue weighted by molar-refractivity contribution is 7.89. The first-order chi connectivity index (χ1) is 12.3. The standard InChI is InChI=1S/C19H20N2O4S/c1-21(2)26(23,24)18-12-8-16(9-13-18)19(22)20-14-4-5-15-6-10-17(25-3)11-7-15/h6-13H,14H2,1-3H3,(H,20,22). The Morgan fingerprint density at radius 2 is 1.69 bits per heavy atom. The SMILES string of the molecule is COc1ccc(C#CCNC(=O)c2ccc(S(=O)(=O)N(C)C)cc2)cc1. The first-order valence-corrected chi connectivity index (χ1v) is 9.22. The molecule has 0 aliphatic carbocycles. The van der Waals surface area contributed by atoms with Crippen molar-refractivity contribution >= 4 is 15.9 Å². The molecule has 2 rings (SSSR count). The quantitative estimate of drug-likeness (QED) is 0.811. The Hall–Kier alpha value is -2.82. The molecule has 0 fully saturated rings. The van der Waals surface area contributed by atoms with Crippen molar-refractivity contribution < 1.29 is 17.9 Å². The van der Waals surface area contributed by atoms with E-state index in [2.05, 4.69) is 17.2 Å². The van der Waals surface area contributed by atoms with Crippen LogP contribution in [0.25, 0.3) is 0 Å². The highest BCUT2D eigenvalue weighted by atomic mass is 32.2. The maximum absolute atomic E-state index is 12.1. The lowest BCUT2D eigenvalue weighted by atomic mass is 10.2. The minimum Gasteiger partial charge on any atom is -0.497 e. The van der Waals surface area contributed by atoms with Crippen molar-refractivity contribution in [3.8, 4) is 17.6 Å². The number of nitrogens with zero attached hydrogens (tertiary/aromatic N) is 1. The third-order valence-electron chi connectivity index (χ3n) is 3.56. The molecule has 2 aromatic carbocycles. The number of hydrogen-bond donors (Lipinski definition) is 1. The fourth-order valence-electron chi connectivity index (χ4n) is 2.04. The predicted molar refractivity (Wildman–Crippen MR) is 99.5 cm³/mol. The second-order valence-electron chi connectivity index (χ2n) is 5.52. The molecule has 136 valence electrons. The molecule has 0 unspecified atom stereocenters. The van der Waals surface area contributed by atoms with Gasteiger partial charge in [-0.3, -0.25) is 4.79 Å². The smallest absolute Gasteiger partial charge is 0.252 e. The van der Waals surface area contributed by atoms with Crippen molar-refractivity contribution in [2.45, 2.75) is 4.90 Å². The summed E-state index contributed by atoms with van der Waals surface area (Å²) >= 11 is 0. The number of sulfonamides is 1. The Morgan fingerprint density at radius 3 is 2.23 bits per heavy atom. The molecule has 0 heterocycles. The van der Waals surface area contributed by atoms with Gasteiger partial charge < -0.3 is 10.1 Å². The molecule has 0 saturated heterocycles. The van der Waals surface area contributed by atoms with E-state index >= 15 is 0 Å². The van der Waals surface area contributed by atoms with E-state index in [0.717, 1.165) is 15.6 Å². The zero-order valence-corrected chi connectivity index (χ0v) is 15.6. The molecule has 0 atom stereocenters. The van der Waals surface area contributed by atoms with Crippen molar-refractivity contribution in [2.75, 3.05) is 27.7 Å². The molecular weight excluding hydrogens is 352 g/mol. The number of methoxy groups -OCH3 is 1. The Kier molecular flexibility index (Phi) is 6.39. The normalized spacial score (nSPS) is 10.8. The van der Waals surface area contributed by atoms with Crippen molar-refractivity contribution in [2.24, 2.45) is 0 Å². The number of ether oxygens (including phenoxy) is 1. The van der Waals surface area contributed by atoms with Gasteiger partial charge in [-0.25, -0.2) is 12.7 Å².